The molecule has 0 radical (unpaired) electrons. The highest BCUT2D eigenvalue weighted by molar-refractivity contribution is 5.83. The first-order valence-corrected chi connectivity index (χ1v) is 8.47. The fraction of sp³-hybridized carbons (Fsp3) is 0.389. The van der Waals surface area contributed by atoms with Crippen molar-refractivity contribution in [1.82, 2.24) is 25.3 Å². The molecule has 0 aromatic carbocycles. The van der Waals surface area contributed by atoms with Gasteiger partial charge >= 0.3 is 0 Å². The van der Waals surface area contributed by atoms with Crippen LogP contribution in [-0.4, -0.2) is 33.0 Å². The minimum Gasteiger partial charge on any atom is -0.346 e. The van der Waals surface area contributed by atoms with Crippen molar-refractivity contribution in [3.8, 4) is 0 Å². The summed E-state index contributed by atoms with van der Waals surface area (Å²) in [5.74, 6) is 1.96. The Bertz CT molecular complexity index is 846. The lowest BCUT2D eigenvalue weighted by Crippen LogP contribution is -2.26. The quantitative estimate of drug-likeness (QED) is 0.690. The van der Waals surface area contributed by atoms with Crippen molar-refractivity contribution in [2.24, 2.45) is 0 Å². The third-order valence-corrected chi connectivity index (χ3v) is 4.75. The second-order valence-corrected chi connectivity index (χ2v) is 6.45. The van der Waals surface area contributed by atoms with E-state index in [9.17, 15) is 0 Å². The lowest BCUT2D eigenvalue weighted by atomic mass is 9.91. The summed E-state index contributed by atoms with van der Waals surface area (Å²) in [7, 11) is 0. The normalized spacial score (nSPS) is 15.8. The minimum absolute atomic E-state index is 0.573. The Morgan fingerprint density at radius 1 is 1.12 bits per heavy atom. The summed E-state index contributed by atoms with van der Waals surface area (Å²) >= 11 is 0. The Labute approximate surface area is 141 Å². The van der Waals surface area contributed by atoms with Crippen molar-refractivity contribution in [2.75, 3.05) is 18.4 Å². The molecule has 3 N–H and O–H groups in total. The topological polar surface area (TPSA) is 78.5 Å². The van der Waals surface area contributed by atoms with Crippen LogP contribution in [0.1, 0.15) is 35.6 Å². The van der Waals surface area contributed by atoms with Crippen molar-refractivity contribution in [2.45, 2.75) is 32.6 Å². The van der Waals surface area contributed by atoms with Gasteiger partial charge in [0.15, 0.2) is 0 Å². The van der Waals surface area contributed by atoms with Crippen LogP contribution in [0.2, 0.25) is 0 Å². The summed E-state index contributed by atoms with van der Waals surface area (Å²) in [6, 6.07) is 4.18. The number of anilines is 2. The third-order valence-electron chi connectivity index (χ3n) is 4.75. The molecule has 4 rings (SSSR count). The molecule has 0 amide bonds. The highest BCUT2D eigenvalue weighted by Gasteiger charge is 2.15. The van der Waals surface area contributed by atoms with Gasteiger partial charge in [-0.3, -0.25) is 0 Å². The van der Waals surface area contributed by atoms with Crippen LogP contribution in [0.5, 0.6) is 0 Å². The smallest absolute Gasteiger partial charge is 0.230 e. The number of H-pyrrole nitrogens is 1. The van der Waals surface area contributed by atoms with E-state index in [1.54, 1.807) is 0 Å². The van der Waals surface area contributed by atoms with Gasteiger partial charge in [-0.15, -0.1) is 0 Å². The Balaban J connectivity index is 1.54. The number of nitrogens with zero attached hydrogens (tertiary/aromatic N) is 3. The molecule has 1 aliphatic rings. The highest BCUT2D eigenvalue weighted by Crippen LogP contribution is 2.26. The van der Waals surface area contributed by atoms with E-state index in [2.05, 4.69) is 43.6 Å². The number of piperidine rings is 1. The standard InChI is InChI=1S/C18H22N6/c1-11-9-21-17-16(11)12(2)22-18(24-17)23-15-4-3-14(10-20-15)13-5-7-19-8-6-13/h3-4,9-10,13,19H,5-8H2,1-2H3,(H2,20,21,22,23,24). The van der Waals surface area contributed by atoms with Crippen molar-refractivity contribution in [3.05, 3.63) is 41.3 Å². The Morgan fingerprint density at radius 2 is 1.96 bits per heavy atom. The number of hydrogen-bond donors (Lipinski definition) is 3. The van der Waals surface area contributed by atoms with Gasteiger partial charge in [-0.2, -0.15) is 4.98 Å². The number of nitrogens with one attached hydrogen (secondary N) is 3. The maximum atomic E-state index is 4.55. The molecule has 0 spiro atoms. The van der Waals surface area contributed by atoms with Crippen molar-refractivity contribution in [1.29, 1.82) is 0 Å². The fourth-order valence-electron chi connectivity index (χ4n) is 3.44. The zero-order valence-corrected chi connectivity index (χ0v) is 14.1. The van der Waals surface area contributed by atoms with Gasteiger partial charge < -0.3 is 15.6 Å². The summed E-state index contributed by atoms with van der Waals surface area (Å²) in [6.45, 7) is 6.24. The number of pyridine rings is 1. The van der Waals surface area contributed by atoms with Gasteiger partial charge in [0, 0.05) is 17.8 Å². The summed E-state index contributed by atoms with van der Waals surface area (Å²) in [6.07, 6.45) is 6.30. The van der Waals surface area contributed by atoms with Crippen molar-refractivity contribution in [3.63, 3.8) is 0 Å². The number of aromatic amines is 1. The number of fused-ring (bicyclic) bond motifs is 1. The lowest BCUT2D eigenvalue weighted by Gasteiger charge is -2.22. The van der Waals surface area contributed by atoms with E-state index in [1.807, 2.05) is 25.4 Å². The van der Waals surface area contributed by atoms with Crippen LogP contribution in [0.4, 0.5) is 11.8 Å². The van der Waals surface area contributed by atoms with Crippen LogP contribution in [-0.2, 0) is 0 Å². The van der Waals surface area contributed by atoms with Crippen LogP contribution >= 0.6 is 0 Å². The first-order chi connectivity index (χ1) is 11.7. The van der Waals surface area contributed by atoms with E-state index in [0.29, 0.717) is 11.9 Å². The predicted octanol–water partition coefficient (Wildman–Crippen LogP) is 3.18. The SMILES string of the molecule is Cc1c[nH]c2nc(Nc3ccc(C4CCNCC4)cn3)nc(C)c12. The van der Waals surface area contributed by atoms with Gasteiger partial charge in [0.2, 0.25) is 5.95 Å². The van der Waals surface area contributed by atoms with Crippen LogP contribution in [0, 0.1) is 13.8 Å². The van der Waals surface area contributed by atoms with Gasteiger partial charge in [0.1, 0.15) is 11.5 Å². The third kappa shape index (κ3) is 2.85. The average molecular weight is 322 g/mol. The van der Waals surface area contributed by atoms with Gasteiger partial charge in [-0.1, -0.05) is 6.07 Å². The molecule has 0 bridgehead atoms. The number of rotatable bonds is 3. The summed E-state index contributed by atoms with van der Waals surface area (Å²) in [5, 5.41) is 7.70. The van der Waals surface area contributed by atoms with E-state index in [0.717, 1.165) is 35.6 Å². The molecule has 1 fully saturated rings. The molecular formula is C18H22N6. The zero-order valence-electron chi connectivity index (χ0n) is 14.1. The molecule has 0 aliphatic carbocycles. The molecule has 0 atom stereocenters. The molecule has 0 saturated carbocycles. The van der Waals surface area contributed by atoms with Crippen molar-refractivity contribution >= 4 is 22.8 Å². The highest BCUT2D eigenvalue weighted by atomic mass is 15.1. The Hall–Kier alpha value is -2.47. The van der Waals surface area contributed by atoms with Gasteiger partial charge in [-0.05, 0) is 62.9 Å². The van der Waals surface area contributed by atoms with Crippen LogP contribution in [0.3, 0.4) is 0 Å². The van der Waals surface area contributed by atoms with E-state index < -0.39 is 0 Å². The monoisotopic (exact) mass is 322 g/mol. The van der Waals surface area contributed by atoms with Crippen LogP contribution < -0.4 is 10.6 Å². The van der Waals surface area contributed by atoms with E-state index >= 15 is 0 Å². The number of aryl methyl sites for hydroxylation is 2. The molecule has 6 heteroatoms. The Morgan fingerprint density at radius 3 is 2.71 bits per heavy atom. The second-order valence-electron chi connectivity index (χ2n) is 6.45. The Kier molecular flexibility index (Phi) is 3.90. The average Bonchev–Trinajstić information content (AvgIpc) is 2.98. The zero-order chi connectivity index (χ0) is 16.5. The molecule has 3 aromatic heterocycles. The molecule has 24 heavy (non-hydrogen) atoms. The summed E-state index contributed by atoms with van der Waals surface area (Å²) in [4.78, 5) is 16.8. The first kappa shape index (κ1) is 15.1. The van der Waals surface area contributed by atoms with Gasteiger partial charge in [-0.25, -0.2) is 9.97 Å². The molecule has 0 unspecified atom stereocenters. The van der Waals surface area contributed by atoms with Crippen molar-refractivity contribution < 1.29 is 0 Å². The lowest BCUT2D eigenvalue weighted by molar-refractivity contribution is 0.459. The van der Waals surface area contributed by atoms with Crippen LogP contribution in [0.25, 0.3) is 11.0 Å². The van der Waals surface area contributed by atoms with Crippen LogP contribution in [0.15, 0.2) is 24.5 Å². The van der Waals surface area contributed by atoms with Gasteiger partial charge in [0.25, 0.3) is 0 Å². The molecule has 1 aliphatic heterocycles. The largest absolute Gasteiger partial charge is 0.346 e. The molecular weight excluding hydrogens is 300 g/mol. The summed E-state index contributed by atoms with van der Waals surface area (Å²) < 4.78 is 0. The maximum absolute atomic E-state index is 4.55. The first-order valence-electron chi connectivity index (χ1n) is 8.47. The van der Waals surface area contributed by atoms with E-state index in [-0.39, 0.29) is 0 Å². The van der Waals surface area contributed by atoms with E-state index in [4.69, 9.17) is 0 Å². The molecule has 6 nitrogen and oxygen atoms in total. The number of hydrogen-bond acceptors (Lipinski definition) is 5. The second kappa shape index (κ2) is 6.20. The fourth-order valence-corrected chi connectivity index (χ4v) is 3.44. The molecule has 124 valence electrons. The number of aromatic nitrogens is 4. The molecule has 3 aromatic rings. The van der Waals surface area contributed by atoms with Gasteiger partial charge in [0.05, 0.1) is 5.69 Å². The predicted molar refractivity (Wildman–Crippen MR) is 95.7 cm³/mol. The molecule has 1 saturated heterocycles. The maximum Gasteiger partial charge on any atom is 0.230 e. The molecule has 4 heterocycles. The summed E-state index contributed by atoms with van der Waals surface area (Å²) in [5.41, 5.74) is 4.30. The van der Waals surface area contributed by atoms with E-state index in [1.165, 1.54) is 24.0 Å². The minimum atomic E-state index is 0.573.